The fourth-order valence-electron chi connectivity index (χ4n) is 4.38. The molecule has 0 aliphatic carbocycles. The van der Waals surface area contributed by atoms with Gasteiger partial charge in [-0.2, -0.15) is 4.98 Å². The van der Waals surface area contributed by atoms with Crippen molar-refractivity contribution in [3.8, 4) is 5.75 Å². The van der Waals surface area contributed by atoms with E-state index in [1.807, 2.05) is 24.4 Å². The molecular weight excluding hydrogens is 362 g/mol. The van der Waals surface area contributed by atoms with Crippen LogP contribution >= 0.6 is 0 Å². The summed E-state index contributed by atoms with van der Waals surface area (Å²) in [4.78, 5) is 14.3. The quantitative estimate of drug-likeness (QED) is 0.799. The Labute approximate surface area is 174 Å². The third-order valence-corrected chi connectivity index (χ3v) is 5.97. The third kappa shape index (κ3) is 5.60. The number of piperidine rings is 1. The summed E-state index contributed by atoms with van der Waals surface area (Å²) in [6.45, 7) is 5.34. The van der Waals surface area contributed by atoms with Gasteiger partial charge in [0.15, 0.2) is 0 Å². The molecule has 1 unspecified atom stereocenters. The van der Waals surface area contributed by atoms with E-state index >= 15 is 0 Å². The Morgan fingerprint density at radius 3 is 2.55 bits per heavy atom. The van der Waals surface area contributed by atoms with Crippen LogP contribution in [0.1, 0.15) is 44.1 Å². The lowest BCUT2D eigenvalue weighted by Crippen LogP contribution is -2.42. The minimum atomic E-state index is 0.390. The van der Waals surface area contributed by atoms with Crippen molar-refractivity contribution in [3.05, 3.63) is 42.1 Å². The second-order valence-corrected chi connectivity index (χ2v) is 8.21. The summed E-state index contributed by atoms with van der Waals surface area (Å²) in [5.74, 6) is 2.74. The number of nitrogens with zero attached hydrogens (tertiary/aromatic N) is 4. The molecule has 6 heteroatoms. The van der Waals surface area contributed by atoms with E-state index in [0.717, 1.165) is 56.7 Å². The zero-order valence-corrected chi connectivity index (χ0v) is 17.5. The zero-order valence-electron chi connectivity index (χ0n) is 17.5. The molecule has 0 spiro atoms. The molecule has 3 heterocycles. The fourth-order valence-corrected chi connectivity index (χ4v) is 4.38. The molecule has 0 radical (unpaired) electrons. The molecular formula is C23H33N5O. The highest BCUT2D eigenvalue weighted by Crippen LogP contribution is 2.21. The Bertz CT molecular complexity index is 758. The van der Waals surface area contributed by atoms with Crippen LogP contribution in [0.2, 0.25) is 0 Å². The smallest absolute Gasteiger partial charge is 0.224 e. The van der Waals surface area contributed by atoms with Gasteiger partial charge in [-0.05, 0) is 56.0 Å². The maximum absolute atomic E-state index is 5.26. The molecule has 2 fully saturated rings. The molecule has 2 aliphatic heterocycles. The van der Waals surface area contributed by atoms with Crippen LogP contribution in [0.5, 0.6) is 5.75 Å². The van der Waals surface area contributed by atoms with Crippen LogP contribution in [0.3, 0.4) is 0 Å². The predicted octanol–water partition coefficient (Wildman–Crippen LogP) is 3.94. The number of likely N-dealkylation sites (tertiary alicyclic amines) is 1. The van der Waals surface area contributed by atoms with Gasteiger partial charge in [0.05, 0.1) is 7.11 Å². The average Bonchev–Trinajstić information content (AvgIpc) is 3.04. The first-order valence-electron chi connectivity index (χ1n) is 11.0. The second-order valence-electron chi connectivity index (χ2n) is 8.21. The van der Waals surface area contributed by atoms with E-state index in [9.17, 15) is 0 Å². The molecule has 2 aromatic rings. The number of benzene rings is 1. The minimum Gasteiger partial charge on any atom is -0.497 e. The van der Waals surface area contributed by atoms with Crippen LogP contribution in [0.4, 0.5) is 11.8 Å². The molecule has 0 saturated carbocycles. The Balaban J connectivity index is 1.34. The summed E-state index contributed by atoms with van der Waals surface area (Å²) in [7, 11) is 1.71. The van der Waals surface area contributed by atoms with Gasteiger partial charge in [0, 0.05) is 38.4 Å². The predicted molar refractivity (Wildman–Crippen MR) is 118 cm³/mol. The third-order valence-electron chi connectivity index (χ3n) is 5.97. The van der Waals surface area contributed by atoms with Gasteiger partial charge in [-0.3, -0.25) is 4.90 Å². The van der Waals surface area contributed by atoms with E-state index in [-0.39, 0.29) is 0 Å². The van der Waals surface area contributed by atoms with Crippen molar-refractivity contribution in [2.45, 2.75) is 51.1 Å². The first kappa shape index (κ1) is 20.0. The van der Waals surface area contributed by atoms with Crippen molar-refractivity contribution in [2.75, 3.05) is 43.5 Å². The van der Waals surface area contributed by atoms with Crippen molar-refractivity contribution in [2.24, 2.45) is 0 Å². The molecule has 29 heavy (non-hydrogen) atoms. The van der Waals surface area contributed by atoms with Gasteiger partial charge in [0.2, 0.25) is 5.95 Å². The zero-order chi connectivity index (χ0) is 19.9. The standard InChI is InChI=1S/C23H33N5O/c1-29-21-10-8-19(9-11-21)17-27-14-6-7-20(18-27)25-23-24-13-12-22(26-23)28-15-4-2-3-5-16-28/h8-13,20H,2-7,14-18H2,1H3,(H,24,25,26). The van der Waals surface area contributed by atoms with E-state index in [2.05, 4.69) is 32.2 Å². The van der Waals surface area contributed by atoms with E-state index < -0.39 is 0 Å². The molecule has 1 atom stereocenters. The molecule has 0 amide bonds. The highest BCUT2D eigenvalue weighted by molar-refractivity contribution is 5.43. The molecule has 2 aliphatic rings. The average molecular weight is 396 g/mol. The molecule has 156 valence electrons. The van der Waals surface area contributed by atoms with Crippen LogP contribution in [-0.2, 0) is 6.54 Å². The Morgan fingerprint density at radius 1 is 1.00 bits per heavy atom. The molecule has 4 rings (SSSR count). The van der Waals surface area contributed by atoms with Crippen molar-refractivity contribution in [1.82, 2.24) is 14.9 Å². The number of rotatable bonds is 6. The Kier molecular flexibility index (Phi) is 6.83. The van der Waals surface area contributed by atoms with Crippen LogP contribution < -0.4 is 15.0 Å². The number of aromatic nitrogens is 2. The first-order valence-corrected chi connectivity index (χ1v) is 11.0. The van der Waals surface area contributed by atoms with Crippen molar-refractivity contribution < 1.29 is 4.74 Å². The maximum Gasteiger partial charge on any atom is 0.224 e. The Hall–Kier alpha value is -2.34. The highest BCUT2D eigenvalue weighted by atomic mass is 16.5. The highest BCUT2D eigenvalue weighted by Gasteiger charge is 2.21. The van der Waals surface area contributed by atoms with E-state index in [4.69, 9.17) is 9.72 Å². The van der Waals surface area contributed by atoms with Gasteiger partial charge in [-0.15, -0.1) is 0 Å². The topological polar surface area (TPSA) is 53.5 Å². The summed E-state index contributed by atoms with van der Waals surface area (Å²) < 4.78 is 5.26. The minimum absolute atomic E-state index is 0.390. The lowest BCUT2D eigenvalue weighted by Gasteiger charge is -2.33. The van der Waals surface area contributed by atoms with Crippen LogP contribution in [0.25, 0.3) is 0 Å². The number of ether oxygens (including phenoxy) is 1. The van der Waals surface area contributed by atoms with E-state index in [1.54, 1.807) is 7.11 Å². The van der Waals surface area contributed by atoms with E-state index in [0.29, 0.717) is 6.04 Å². The Morgan fingerprint density at radius 2 is 1.79 bits per heavy atom. The van der Waals surface area contributed by atoms with Crippen molar-refractivity contribution >= 4 is 11.8 Å². The molecule has 6 nitrogen and oxygen atoms in total. The summed E-state index contributed by atoms with van der Waals surface area (Å²) in [6.07, 6.45) is 9.44. The van der Waals surface area contributed by atoms with Crippen molar-refractivity contribution in [3.63, 3.8) is 0 Å². The SMILES string of the molecule is COc1ccc(CN2CCCC(Nc3nccc(N4CCCCCC4)n3)C2)cc1. The normalized spacial score (nSPS) is 20.9. The summed E-state index contributed by atoms with van der Waals surface area (Å²) in [5.41, 5.74) is 1.32. The fraction of sp³-hybridized carbons (Fsp3) is 0.565. The lowest BCUT2D eigenvalue weighted by molar-refractivity contribution is 0.208. The largest absolute Gasteiger partial charge is 0.497 e. The summed E-state index contributed by atoms with van der Waals surface area (Å²) >= 11 is 0. The molecule has 1 aromatic heterocycles. The number of hydrogen-bond acceptors (Lipinski definition) is 6. The molecule has 2 saturated heterocycles. The summed E-state index contributed by atoms with van der Waals surface area (Å²) in [6, 6.07) is 10.8. The first-order chi connectivity index (χ1) is 14.3. The molecule has 0 bridgehead atoms. The summed E-state index contributed by atoms with van der Waals surface area (Å²) in [5, 5.41) is 3.60. The van der Waals surface area contributed by atoms with Gasteiger partial charge < -0.3 is 15.0 Å². The monoisotopic (exact) mass is 395 g/mol. The molecule has 1 aromatic carbocycles. The van der Waals surface area contributed by atoms with Crippen LogP contribution in [0, 0.1) is 0 Å². The number of methoxy groups -OCH3 is 1. The maximum atomic E-state index is 5.26. The van der Waals surface area contributed by atoms with Crippen LogP contribution in [0.15, 0.2) is 36.5 Å². The van der Waals surface area contributed by atoms with E-state index in [1.165, 1.54) is 37.7 Å². The lowest BCUT2D eigenvalue weighted by atomic mass is 10.0. The number of anilines is 2. The van der Waals surface area contributed by atoms with Gasteiger partial charge in [-0.1, -0.05) is 25.0 Å². The van der Waals surface area contributed by atoms with Crippen LogP contribution in [-0.4, -0.2) is 54.2 Å². The van der Waals surface area contributed by atoms with Crippen molar-refractivity contribution in [1.29, 1.82) is 0 Å². The second kappa shape index (κ2) is 9.92. The number of nitrogens with one attached hydrogen (secondary N) is 1. The van der Waals surface area contributed by atoms with Gasteiger partial charge >= 0.3 is 0 Å². The van der Waals surface area contributed by atoms with Gasteiger partial charge in [0.25, 0.3) is 0 Å². The van der Waals surface area contributed by atoms with Gasteiger partial charge in [-0.25, -0.2) is 4.98 Å². The number of hydrogen-bond donors (Lipinski definition) is 1. The van der Waals surface area contributed by atoms with Gasteiger partial charge in [0.1, 0.15) is 11.6 Å². The molecule has 1 N–H and O–H groups in total.